The smallest absolute Gasteiger partial charge is 0.223 e. The fourth-order valence-electron chi connectivity index (χ4n) is 5.60. The molecule has 0 bridgehead atoms. The molecular weight excluding hydrogens is 406 g/mol. The van der Waals surface area contributed by atoms with E-state index in [1.54, 1.807) is 7.11 Å². The van der Waals surface area contributed by atoms with Gasteiger partial charge in [0.15, 0.2) is 0 Å². The number of fused-ring (bicyclic) bond motifs is 1. The first-order valence-corrected chi connectivity index (χ1v) is 12.7. The Morgan fingerprint density at radius 2 is 1.84 bits per heavy atom. The maximum Gasteiger partial charge on any atom is 0.223 e. The second-order valence-electron chi connectivity index (χ2n) is 11.1. The van der Waals surface area contributed by atoms with Crippen LogP contribution in [-0.4, -0.2) is 111 Å². The lowest BCUT2D eigenvalue weighted by atomic mass is 9.79. The van der Waals surface area contributed by atoms with Crippen LogP contribution in [0.15, 0.2) is 0 Å². The standard InChI is InChI=1S/C25H47N3O4/c1-25(2)19-32-14-5-6-21-17-27(22-8-10-26(3)11-9-22)12-7-20(21)16-24(30)28(13-15-31-4)18-23(25)29/h20-23,29H,5-19H2,1-4H3/t20-,21-,23-/m0/s1. The van der Waals surface area contributed by atoms with E-state index in [1.165, 1.54) is 25.9 Å². The summed E-state index contributed by atoms with van der Waals surface area (Å²) in [4.78, 5) is 20.3. The quantitative estimate of drug-likeness (QED) is 0.703. The molecule has 0 aliphatic carbocycles. The fraction of sp³-hybridized carbons (Fsp3) is 0.960. The van der Waals surface area contributed by atoms with Crippen LogP contribution in [-0.2, 0) is 14.3 Å². The monoisotopic (exact) mass is 453 g/mol. The summed E-state index contributed by atoms with van der Waals surface area (Å²) >= 11 is 0. The van der Waals surface area contributed by atoms with Crippen LogP contribution in [0.3, 0.4) is 0 Å². The third-order valence-electron chi connectivity index (χ3n) is 8.12. The van der Waals surface area contributed by atoms with E-state index >= 15 is 0 Å². The average molecular weight is 454 g/mol. The molecule has 0 radical (unpaired) electrons. The van der Waals surface area contributed by atoms with E-state index < -0.39 is 11.5 Å². The number of carbonyl (C=O) groups excluding carboxylic acids is 1. The Bertz CT molecular complexity index is 580. The first-order valence-electron chi connectivity index (χ1n) is 12.7. The summed E-state index contributed by atoms with van der Waals surface area (Å²) in [6.07, 6.45) is 5.71. The third kappa shape index (κ3) is 7.13. The molecule has 0 unspecified atom stereocenters. The Morgan fingerprint density at radius 3 is 2.56 bits per heavy atom. The van der Waals surface area contributed by atoms with Gasteiger partial charge in [-0.1, -0.05) is 13.8 Å². The molecule has 3 rings (SSSR count). The highest BCUT2D eigenvalue weighted by molar-refractivity contribution is 5.76. The van der Waals surface area contributed by atoms with E-state index in [2.05, 4.69) is 16.8 Å². The predicted molar refractivity (Wildman–Crippen MR) is 127 cm³/mol. The van der Waals surface area contributed by atoms with Crippen LogP contribution in [0.2, 0.25) is 0 Å². The number of likely N-dealkylation sites (tertiary alicyclic amines) is 2. The molecule has 1 amide bonds. The summed E-state index contributed by atoms with van der Waals surface area (Å²) in [6.45, 7) is 11.2. The number of ether oxygens (including phenoxy) is 2. The Labute approximate surface area is 195 Å². The van der Waals surface area contributed by atoms with Crippen molar-refractivity contribution in [2.45, 2.75) is 64.5 Å². The van der Waals surface area contributed by atoms with E-state index in [0.717, 1.165) is 39.0 Å². The lowest BCUT2D eigenvalue weighted by Crippen LogP contribution is -2.51. The van der Waals surface area contributed by atoms with Crippen molar-refractivity contribution in [1.29, 1.82) is 0 Å². The van der Waals surface area contributed by atoms with Gasteiger partial charge < -0.3 is 24.4 Å². The Kier molecular flexibility index (Phi) is 9.80. The Hall–Kier alpha value is -0.730. The number of piperidine rings is 2. The lowest BCUT2D eigenvalue weighted by Gasteiger charge is -2.45. The van der Waals surface area contributed by atoms with Crippen molar-refractivity contribution in [2.75, 3.05) is 73.2 Å². The van der Waals surface area contributed by atoms with Crippen molar-refractivity contribution >= 4 is 5.91 Å². The molecule has 3 saturated heterocycles. The largest absolute Gasteiger partial charge is 0.391 e. The van der Waals surface area contributed by atoms with E-state index in [1.807, 2.05) is 18.7 Å². The molecule has 7 nitrogen and oxygen atoms in total. The maximum atomic E-state index is 13.4. The van der Waals surface area contributed by atoms with Crippen LogP contribution in [0.4, 0.5) is 0 Å². The molecule has 32 heavy (non-hydrogen) atoms. The maximum absolute atomic E-state index is 13.4. The summed E-state index contributed by atoms with van der Waals surface area (Å²) in [5.41, 5.74) is -0.392. The summed E-state index contributed by atoms with van der Waals surface area (Å²) in [7, 11) is 3.88. The molecule has 1 N–H and O–H groups in total. The van der Waals surface area contributed by atoms with E-state index in [-0.39, 0.29) is 5.91 Å². The van der Waals surface area contributed by atoms with E-state index in [4.69, 9.17) is 9.47 Å². The van der Waals surface area contributed by atoms with Crippen LogP contribution in [0.5, 0.6) is 0 Å². The highest BCUT2D eigenvalue weighted by Crippen LogP contribution is 2.34. The van der Waals surface area contributed by atoms with E-state index in [0.29, 0.717) is 50.6 Å². The minimum absolute atomic E-state index is 0.166. The highest BCUT2D eigenvalue weighted by Gasteiger charge is 2.37. The molecule has 0 aromatic carbocycles. The number of β-amino-alcohol motifs (C(OH)–C–C–N with tert-alkyl or cyclic N) is 1. The van der Waals surface area contributed by atoms with Gasteiger partial charge in [-0.2, -0.15) is 0 Å². The molecule has 186 valence electrons. The van der Waals surface area contributed by atoms with Crippen molar-refractivity contribution in [3.8, 4) is 0 Å². The molecule has 3 atom stereocenters. The van der Waals surface area contributed by atoms with Gasteiger partial charge >= 0.3 is 0 Å². The molecular formula is C25H47N3O4. The first kappa shape index (κ1) is 25.9. The van der Waals surface area contributed by atoms with Gasteiger partial charge in [-0.25, -0.2) is 0 Å². The molecule has 3 fully saturated rings. The van der Waals surface area contributed by atoms with Crippen LogP contribution in [0.25, 0.3) is 0 Å². The topological polar surface area (TPSA) is 65.5 Å². The minimum Gasteiger partial charge on any atom is -0.391 e. The van der Waals surface area contributed by atoms with E-state index in [9.17, 15) is 9.90 Å². The summed E-state index contributed by atoms with van der Waals surface area (Å²) in [6, 6.07) is 0.692. The fourth-order valence-corrected chi connectivity index (χ4v) is 5.60. The summed E-state index contributed by atoms with van der Waals surface area (Å²) in [5.74, 6) is 1.12. The number of nitrogens with zero attached hydrogens (tertiary/aromatic N) is 3. The van der Waals surface area contributed by atoms with Gasteiger partial charge in [0, 0.05) is 51.2 Å². The molecule has 0 aromatic heterocycles. The molecule has 0 spiro atoms. The number of aliphatic hydroxyl groups excluding tert-OH is 1. The molecule has 0 saturated carbocycles. The van der Waals surface area contributed by atoms with Gasteiger partial charge in [0.05, 0.1) is 19.3 Å². The SMILES string of the molecule is COCCN1C[C@H](O)C(C)(C)COCCC[C@H]2CN(C3CCN(C)CC3)CC[C@H]2CC1=O. The van der Waals surface area contributed by atoms with Gasteiger partial charge in [-0.15, -0.1) is 0 Å². The van der Waals surface area contributed by atoms with Crippen LogP contribution in [0.1, 0.15) is 52.4 Å². The van der Waals surface area contributed by atoms with Crippen molar-refractivity contribution in [3.05, 3.63) is 0 Å². The first-order chi connectivity index (χ1) is 15.3. The van der Waals surface area contributed by atoms with Crippen molar-refractivity contribution in [1.82, 2.24) is 14.7 Å². The molecule has 3 aliphatic heterocycles. The number of rotatable bonds is 4. The molecule has 3 aliphatic rings. The number of hydrogen-bond acceptors (Lipinski definition) is 6. The molecule has 0 aromatic rings. The zero-order valence-corrected chi connectivity index (χ0v) is 20.9. The van der Waals surface area contributed by atoms with Gasteiger partial charge in [0.1, 0.15) is 0 Å². The zero-order valence-electron chi connectivity index (χ0n) is 20.9. The van der Waals surface area contributed by atoms with Gasteiger partial charge in [0.25, 0.3) is 0 Å². The second kappa shape index (κ2) is 12.1. The summed E-state index contributed by atoms with van der Waals surface area (Å²) in [5, 5.41) is 10.9. The Balaban J connectivity index is 1.69. The van der Waals surface area contributed by atoms with Crippen LogP contribution < -0.4 is 0 Å². The minimum atomic E-state index is -0.619. The summed E-state index contributed by atoms with van der Waals surface area (Å²) < 4.78 is 11.3. The number of amides is 1. The van der Waals surface area contributed by atoms with Crippen LogP contribution >= 0.6 is 0 Å². The average Bonchev–Trinajstić information content (AvgIpc) is 2.77. The highest BCUT2D eigenvalue weighted by atomic mass is 16.5. The van der Waals surface area contributed by atoms with Crippen molar-refractivity contribution in [2.24, 2.45) is 17.3 Å². The van der Waals surface area contributed by atoms with Gasteiger partial charge in [-0.3, -0.25) is 9.69 Å². The van der Waals surface area contributed by atoms with Crippen molar-refractivity contribution in [3.63, 3.8) is 0 Å². The second-order valence-corrected chi connectivity index (χ2v) is 11.1. The number of methoxy groups -OCH3 is 1. The predicted octanol–water partition coefficient (Wildman–Crippen LogP) is 2.08. The van der Waals surface area contributed by atoms with Gasteiger partial charge in [0.2, 0.25) is 5.91 Å². The van der Waals surface area contributed by atoms with Crippen LogP contribution in [0, 0.1) is 17.3 Å². The number of hydrogen-bond donors (Lipinski definition) is 1. The molecule has 7 heteroatoms. The molecule has 3 heterocycles. The van der Waals surface area contributed by atoms with Crippen molar-refractivity contribution < 1.29 is 19.4 Å². The lowest BCUT2D eigenvalue weighted by molar-refractivity contribution is -0.137. The van der Waals surface area contributed by atoms with Gasteiger partial charge in [-0.05, 0) is 70.6 Å². The normalized spacial score (nSPS) is 32.6. The number of aliphatic hydroxyl groups is 1. The zero-order chi connectivity index (χ0) is 23.1. The third-order valence-corrected chi connectivity index (χ3v) is 8.12. The number of carbonyl (C=O) groups is 1. The Morgan fingerprint density at radius 1 is 1.09 bits per heavy atom.